The summed E-state index contributed by atoms with van der Waals surface area (Å²) in [5.41, 5.74) is 0.641. The van der Waals surface area contributed by atoms with E-state index in [4.69, 9.17) is 13.6 Å². The quantitative estimate of drug-likeness (QED) is 0.625. The summed E-state index contributed by atoms with van der Waals surface area (Å²) in [6, 6.07) is 9.38. The van der Waals surface area contributed by atoms with Crippen molar-refractivity contribution < 1.29 is 31.5 Å². The molecule has 7 nitrogen and oxygen atoms in total. The van der Waals surface area contributed by atoms with Crippen LogP contribution >= 0.6 is 0 Å². The Kier molecular flexibility index (Phi) is 5.43. The summed E-state index contributed by atoms with van der Waals surface area (Å²) >= 11 is 0. The Morgan fingerprint density at radius 1 is 1.15 bits per heavy atom. The smallest absolute Gasteiger partial charge is 0.406 e. The molecular weight excluding hydrogens is 367 g/mol. The number of rotatable bonds is 7. The average Bonchev–Trinajstić information content (AvgIpc) is 3.32. The van der Waals surface area contributed by atoms with Crippen molar-refractivity contribution in [3.05, 3.63) is 54.8 Å². The highest BCUT2D eigenvalue weighted by molar-refractivity contribution is 5.77. The molecule has 2 aromatic heterocycles. The first-order chi connectivity index (χ1) is 12.9. The van der Waals surface area contributed by atoms with Gasteiger partial charge in [-0.2, -0.15) is 13.2 Å². The molecule has 0 aliphatic carbocycles. The molecule has 0 bridgehead atoms. The van der Waals surface area contributed by atoms with Gasteiger partial charge in [0.2, 0.25) is 12.3 Å². The van der Waals surface area contributed by atoms with Gasteiger partial charge in [0, 0.05) is 5.56 Å². The zero-order chi connectivity index (χ0) is 19.3. The number of furan rings is 1. The Balaban J connectivity index is 1.61. The molecule has 2 heterocycles. The second kappa shape index (κ2) is 7.94. The number of alkyl halides is 3. The fourth-order valence-corrected chi connectivity index (χ4v) is 2.27. The lowest BCUT2D eigenvalue weighted by atomic mass is 10.2. The molecule has 0 fully saturated rings. The van der Waals surface area contributed by atoms with Gasteiger partial charge >= 0.3 is 6.18 Å². The molecule has 1 aromatic carbocycles. The van der Waals surface area contributed by atoms with E-state index in [9.17, 15) is 18.0 Å². The molecule has 1 amide bonds. The van der Waals surface area contributed by atoms with Crippen molar-refractivity contribution >= 4 is 5.91 Å². The van der Waals surface area contributed by atoms with E-state index < -0.39 is 25.2 Å². The largest absolute Gasteiger partial charge is 0.484 e. The third-order valence-corrected chi connectivity index (χ3v) is 3.47. The Morgan fingerprint density at radius 2 is 1.93 bits per heavy atom. The fraction of sp³-hybridized carbons (Fsp3) is 0.235. The Hall–Kier alpha value is -3.30. The monoisotopic (exact) mass is 381 g/mol. The van der Waals surface area contributed by atoms with Crippen LogP contribution in [0.1, 0.15) is 5.76 Å². The molecule has 142 valence electrons. The van der Waals surface area contributed by atoms with Gasteiger partial charge in [-0.3, -0.25) is 4.79 Å². The van der Waals surface area contributed by atoms with Gasteiger partial charge in [0.25, 0.3) is 5.91 Å². The lowest BCUT2D eigenvalue weighted by Crippen LogP contribution is -2.40. The highest BCUT2D eigenvalue weighted by Gasteiger charge is 2.33. The van der Waals surface area contributed by atoms with E-state index in [0.29, 0.717) is 22.1 Å². The molecule has 0 aliphatic heterocycles. The number of hydrogen-bond donors (Lipinski definition) is 0. The fourth-order valence-electron chi connectivity index (χ4n) is 2.27. The van der Waals surface area contributed by atoms with Gasteiger partial charge in [-0.25, -0.2) is 0 Å². The molecule has 27 heavy (non-hydrogen) atoms. The topological polar surface area (TPSA) is 81.6 Å². The van der Waals surface area contributed by atoms with Crippen LogP contribution in [-0.2, 0) is 11.3 Å². The molecule has 0 radical (unpaired) electrons. The Morgan fingerprint density at radius 3 is 2.52 bits per heavy atom. The van der Waals surface area contributed by atoms with E-state index in [2.05, 4.69) is 10.2 Å². The highest BCUT2D eigenvalue weighted by Crippen LogP contribution is 2.21. The molecule has 0 saturated heterocycles. The van der Waals surface area contributed by atoms with E-state index in [1.165, 1.54) is 24.8 Å². The van der Waals surface area contributed by atoms with Crippen LogP contribution in [-0.4, -0.2) is 40.3 Å². The van der Waals surface area contributed by atoms with Crippen LogP contribution in [0.25, 0.3) is 11.5 Å². The van der Waals surface area contributed by atoms with Crippen LogP contribution in [0.3, 0.4) is 0 Å². The second-order valence-corrected chi connectivity index (χ2v) is 5.50. The Bertz CT molecular complexity index is 847. The van der Waals surface area contributed by atoms with Crippen molar-refractivity contribution in [1.29, 1.82) is 0 Å². The number of nitrogens with zero attached hydrogens (tertiary/aromatic N) is 3. The maximum Gasteiger partial charge on any atom is 0.406 e. The van der Waals surface area contributed by atoms with Crippen LogP contribution in [0.15, 0.2) is 57.9 Å². The SMILES string of the molecule is O=C(COc1ccc(-c2nnco2)cc1)N(Cc1ccco1)CC(F)(F)F. The molecule has 0 saturated carbocycles. The van der Waals surface area contributed by atoms with Gasteiger partial charge in [-0.15, -0.1) is 10.2 Å². The minimum absolute atomic E-state index is 0.247. The standard InChI is InChI=1S/C17H14F3N3O4/c18-17(19,20)10-23(8-14-2-1-7-25-14)15(24)9-26-13-5-3-12(4-6-13)16-22-21-11-27-16/h1-7,11H,8-10H2. The minimum atomic E-state index is -4.53. The number of ether oxygens (including phenoxy) is 1. The lowest BCUT2D eigenvalue weighted by Gasteiger charge is -2.23. The normalized spacial score (nSPS) is 11.4. The summed E-state index contributed by atoms with van der Waals surface area (Å²) in [5.74, 6) is 0.0604. The van der Waals surface area contributed by atoms with Crippen LogP contribution in [0, 0.1) is 0 Å². The number of hydrogen-bond acceptors (Lipinski definition) is 6. The van der Waals surface area contributed by atoms with E-state index >= 15 is 0 Å². The third kappa shape index (κ3) is 5.33. The molecule has 0 atom stereocenters. The van der Waals surface area contributed by atoms with Gasteiger partial charge < -0.3 is 18.5 Å². The molecule has 0 aliphatic rings. The van der Waals surface area contributed by atoms with Crippen molar-refractivity contribution in [3.63, 3.8) is 0 Å². The zero-order valence-electron chi connectivity index (χ0n) is 13.8. The lowest BCUT2D eigenvalue weighted by molar-refractivity contribution is -0.164. The predicted octanol–water partition coefficient (Wildman–Crippen LogP) is 3.30. The van der Waals surface area contributed by atoms with E-state index in [-0.39, 0.29) is 12.3 Å². The van der Waals surface area contributed by atoms with Crippen LogP contribution in [0.5, 0.6) is 5.75 Å². The molecule has 10 heteroatoms. The number of carbonyl (C=O) groups excluding carboxylic acids is 1. The van der Waals surface area contributed by atoms with Gasteiger partial charge in [0.05, 0.1) is 12.8 Å². The first kappa shape index (κ1) is 18.5. The average molecular weight is 381 g/mol. The van der Waals surface area contributed by atoms with Gasteiger partial charge in [0.1, 0.15) is 18.1 Å². The van der Waals surface area contributed by atoms with E-state index in [1.54, 1.807) is 24.3 Å². The molecule has 0 spiro atoms. The van der Waals surface area contributed by atoms with Gasteiger partial charge in [0.15, 0.2) is 6.61 Å². The number of amides is 1. The van der Waals surface area contributed by atoms with Gasteiger partial charge in [-0.05, 0) is 36.4 Å². The first-order valence-electron chi connectivity index (χ1n) is 7.77. The second-order valence-electron chi connectivity index (χ2n) is 5.50. The van der Waals surface area contributed by atoms with Crippen molar-refractivity contribution in [2.45, 2.75) is 12.7 Å². The van der Waals surface area contributed by atoms with Crippen molar-refractivity contribution in [2.24, 2.45) is 0 Å². The van der Waals surface area contributed by atoms with Crippen molar-refractivity contribution in [1.82, 2.24) is 15.1 Å². The first-order valence-corrected chi connectivity index (χ1v) is 7.77. The summed E-state index contributed by atoms with van der Waals surface area (Å²) in [6.07, 6.45) is -2.02. The summed E-state index contributed by atoms with van der Waals surface area (Å²) in [7, 11) is 0. The Labute approximate surface area is 151 Å². The molecule has 0 unspecified atom stereocenters. The number of carbonyl (C=O) groups is 1. The van der Waals surface area contributed by atoms with Crippen LogP contribution in [0.4, 0.5) is 13.2 Å². The van der Waals surface area contributed by atoms with Crippen molar-refractivity contribution in [3.8, 4) is 17.2 Å². The number of benzene rings is 1. The summed E-state index contributed by atoms with van der Waals surface area (Å²) < 4.78 is 53.6. The summed E-state index contributed by atoms with van der Waals surface area (Å²) in [5, 5.41) is 7.31. The van der Waals surface area contributed by atoms with Gasteiger partial charge in [-0.1, -0.05) is 0 Å². The summed E-state index contributed by atoms with van der Waals surface area (Å²) in [6.45, 7) is -2.24. The highest BCUT2D eigenvalue weighted by atomic mass is 19.4. The van der Waals surface area contributed by atoms with Crippen LogP contribution < -0.4 is 4.74 Å². The van der Waals surface area contributed by atoms with E-state index in [1.807, 2.05) is 0 Å². The van der Waals surface area contributed by atoms with Crippen molar-refractivity contribution in [2.75, 3.05) is 13.2 Å². The van der Waals surface area contributed by atoms with E-state index in [0.717, 1.165) is 0 Å². The minimum Gasteiger partial charge on any atom is -0.484 e. The zero-order valence-corrected chi connectivity index (χ0v) is 13.8. The molecular formula is C17H14F3N3O4. The molecule has 0 N–H and O–H groups in total. The molecule has 3 aromatic rings. The molecule has 3 rings (SSSR count). The number of halogens is 3. The predicted molar refractivity (Wildman–Crippen MR) is 85.4 cm³/mol. The third-order valence-electron chi connectivity index (χ3n) is 3.47. The number of aromatic nitrogens is 2. The summed E-state index contributed by atoms with van der Waals surface area (Å²) in [4.78, 5) is 12.8. The van der Waals surface area contributed by atoms with Crippen LogP contribution in [0.2, 0.25) is 0 Å². The maximum absolute atomic E-state index is 12.8. The maximum atomic E-state index is 12.8.